The lowest BCUT2D eigenvalue weighted by Gasteiger charge is -2.20. The van der Waals surface area contributed by atoms with Crippen molar-refractivity contribution in [2.45, 2.75) is 18.9 Å². The molecule has 176 valence electrons. The third-order valence-corrected chi connectivity index (χ3v) is 5.48. The molecule has 8 nitrogen and oxygen atoms in total. The molecule has 0 aliphatic carbocycles. The van der Waals surface area contributed by atoms with Gasteiger partial charge in [0.15, 0.2) is 11.5 Å². The topological polar surface area (TPSA) is 95.1 Å². The number of para-hydroxylation sites is 1. The number of fused-ring (bicyclic) bond motifs is 1. The molecule has 0 bridgehead atoms. The molecule has 1 heterocycles. The van der Waals surface area contributed by atoms with E-state index in [-0.39, 0.29) is 18.4 Å². The van der Waals surface area contributed by atoms with Crippen LogP contribution in [0.2, 0.25) is 0 Å². The van der Waals surface area contributed by atoms with Crippen molar-refractivity contribution in [1.29, 1.82) is 0 Å². The molecule has 8 heteroatoms. The summed E-state index contributed by atoms with van der Waals surface area (Å²) in [6.07, 6.45) is 1.15. The Morgan fingerprint density at radius 2 is 1.62 bits per heavy atom. The Bertz CT molecular complexity index is 1160. The predicted molar refractivity (Wildman–Crippen MR) is 127 cm³/mol. The fraction of sp³-hybridized carbons (Fsp3) is 0.231. The zero-order valence-corrected chi connectivity index (χ0v) is 19.0. The number of anilines is 1. The highest BCUT2D eigenvalue weighted by atomic mass is 16.7. The molecule has 1 aliphatic heterocycles. The van der Waals surface area contributed by atoms with E-state index < -0.39 is 12.0 Å². The highest BCUT2D eigenvalue weighted by Crippen LogP contribution is 2.33. The molecule has 1 aliphatic rings. The zero-order valence-electron chi connectivity index (χ0n) is 19.0. The standard InChI is InChI=1S/C26H26N2O6/c1-31-20-10-7-17(8-11-20)13-19(14-18-9-12-23-24(15-18)34-16-33-23)27-26(30)28-22-6-4-3-5-21(22)25(29)32-2/h3-12,15,19H,13-14,16H2,1-2H3,(H2,27,28,30)/t19-/m1/s1. The van der Waals surface area contributed by atoms with Crippen LogP contribution in [0.15, 0.2) is 66.7 Å². The zero-order chi connectivity index (χ0) is 23.9. The monoisotopic (exact) mass is 462 g/mol. The van der Waals surface area contributed by atoms with Gasteiger partial charge in [0.2, 0.25) is 6.79 Å². The van der Waals surface area contributed by atoms with Gasteiger partial charge in [0.05, 0.1) is 25.5 Å². The molecule has 0 fully saturated rings. The first-order chi connectivity index (χ1) is 16.6. The molecule has 0 saturated heterocycles. The van der Waals surface area contributed by atoms with Crippen LogP contribution in [0.1, 0.15) is 21.5 Å². The molecule has 2 N–H and O–H groups in total. The maximum atomic E-state index is 12.9. The number of ether oxygens (including phenoxy) is 4. The molecule has 3 aromatic carbocycles. The van der Waals surface area contributed by atoms with Gasteiger partial charge in [-0.25, -0.2) is 9.59 Å². The number of carbonyl (C=O) groups is 2. The number of methoxy groups -OCH3 is 2. The maximum Gasteiger partial charge on any atom is 0.339 e. The van der Waals surface area contributed by atoms with Gasteiger partial charge in [-0.2, -0.15) is 0 Å². The molecule has 0 spiro atoms. The van der Waals surface area contributed by atoms with Gasteiger partial charge in [-0.05, 0) is 60.4 Å². The highest BCUT2D eigenvalue weighted by Gasteiger charge is 2.19. The fourth-order valence-corrected chi connectivity index (χ4v) is 3.80. The third-order valence-electron chi connectivity index (χ3n) is 5.48. The summed E-state index contributed by atoms with van der Waals surface area (Å²) >= 11 is 0. The molecule has 0 unspecified atom stereocenters. The van der Waals surface area contributed by atoms with E-state index in [2.05, 4.69) is 10.6 Å². The summed E-state index contributed by atoms with van der Waals surface area (Å²) in [5.41, 5.74) is 2.69. The SMILES string of the molecule is COC(=O)c1ccccc1NC(=O)N[C@H](Cc1ccc(OC)cc1)Cc1ccc2c(c1)OCO2. The summed E-state index contributed by atoms with van der Waals surface area (Å²) in [5.74, 6) is 1.64. The average molecular weight is 463 g/mol. The molecule has 34 heavy (non-hydrogen) atoms. The third kappa shape index (κ3) is 5.58. The summed E-state index contributed by atoms with van der Waals surface area (Å²) in [6.45, 7) is 0.203. The van der Waals surface area contributed by atoms with Gasteiger partial charge in [-0.1, -0.05) is 30.3 Å². The first-order valence-corrected chi connectivity index (χ1v) is 10.8. The molecule has 0 aromatic heterocycles. The molecule has 4 rings (SSSR count). The minimum Gasteiger partial charge on any atom is -0.497 e. The number of hydrogen-bond acceptors (Lipinski definition) is 6. The van der Waals surface area contributed by atoms with Crippen LogP contribution >= 0.6 is 0 Å². The molecule has 1 atom stereocenters. The van der Waals surface area contributed by atoms with E-state index >= 15 is 0 Å². The minimum atomic E-state index is -0.522. The van der Waals surface area contributed by atoms with Crippen molar-refractivity contribution in [2.75, 3.05) is 26.3 Å². The van der Waals surface area contributed by atoms with E-state index in [4.69, 9.17) is 18.9 Å². The number of carbonyl (C=O) groups excluding carboxylic acids is 2. The molecule has 3 aromatic rings. The van der Waals surface area contributed by atoms with Crippen LogP contribution in [0.3, 0.4) is 0 Å². The smallest absolute Gasteiger partial charge is 0.339 e. The summed E-state index contributed by atoms with van der Waals surface area (Å²) in [5, 5.41) is 5.81. The Hall–Kier alpha value is -4.20. The number of esters is 1. The number of nitrogens with one attached hydrogen (secondary N) is 2. The summed E-state index contributed by atoms with van der Waals surface area (Å²) in [7, 11) is 2.92. The number of rotatable bonds is 8. The van der Waals surface area contributed by atoms with Crippen molar-refractivity contribution in [1.82, 2.24) is 5.32 Å². The van der Waals surface area contributed by atoms with Crippen LogP contribution in [0.25, 0.3) is 0 Å². The average Bonchev–Trinajstić information content (AvgIpc) is 3.32. The van der Waals surface area contributed by atoms with E-state index in [1.807, 2.05) is 42.5 Å². The van der Waals surface area contributed by atoms with Gasteiger partial charge < -0.3 is 29.6 Å². The molecule has 2 amide bonds. The predicted octanol–water partition coefficient (Wildman–Crippen LogP) is 4.19. The van der Waals surface area contributed by atoms with Crippen molar-refractivity contribution in [2.24, 2.45) is 0 Å². The molecule has 0 saturated carbocycles. The van der Waals surface area contributed by atoms with Crippen molar-refractivity contribution < 1.29 is 28.5 Å². The van der Waals surface area contributed by atoms with Crippen LogP contribution in [-0.2, 0) is 17.6 Å². The summed E-state index contributed by atoms with van der Waals surface area (Å²) < 4.78 is 20.9. The van der Waals surface area contributed by atoms with E-state index in [0.717, 1.165) is 16.9 Å². The van der Waals surface area contributed by atoms with E-state index in [1.165, 1.54) is 7.11 Å². The number of hydrogen-bond donors (Lipinski definition) is 2. The van der Waals surface area contributed by atoms with Crippen molar-refractivity contribution in [3.8, 4) is 17.2 Å². The molecule has 0 radical (unpaired) electrons. The number of amides is 2. The van der Waals surface area contributed by atoms with E-state index in [1.54, 1.807) is 31.4 Å². The lowest BCUT2D eigenvalue weighted by Crippen LogP contribution is -2.41. The quantitative estimate of drug-likeness (QED) is 0.488. The number of benzene rings is 3. The lowest BCUT2D eigenvalue weighted by atomic mass is 9.98. The first-order valence-electron chi connectivity index (χ1n) is 10.8. The van der Waals surface area contributed by atoms with Gasteiger partial charge in [0.25, 0.3) is 0 Å². The summed E-state index contributed by atoms with van der Waals surface area (Å²) in [4.78, 5) is 25.0. The molecular formula is C26H26N2O6. The Morgan fingerprint density at radius 1 is 0.912 bits per heavy atom. The first kappa shape index (κ1) is 23.0. The largest absolute Gasteiger partial charge is 0.497 e. The van der Waals surface area contributed by atoms with Gasteiger partial charge >= 0.3 is 12.0 Å². The number of urea groups is 1. The van der Waals surface area contributed by atoms with Crippen LogP contribution in [-0.4, -0.2) is 39.1 Å². The van der Waals surface area contributed by atoms with Gasteiger partial charge in [0, 0.05) is 6.04 Å². The van der Waals surface area contributed by atoms with Crippen LogP contribution < -0.4 is 24.8 Å². The van der Waals surface area contributed by atoms with E-state index in [9.17, 15) is 9.59 Å². The van der Waals surface area contributed by atoms with Gasteiger partial charge in [0.1, 0.15) is 5.75 Å². The highest BCUT2D eigenvalue weighted by molar-refractivity contribution is 6.00. The fourth-order valence-electron chi connectivity index (χ4n) is 3.80. The van der Waals surface area contributed by atoms with Crippen LogP contribution in [0.4, 0.5) is 10.5 Å². The van der Waals surface area contributed by atoms with Gasteiger partial charge in [-0.3, -0.25) is 0 Å². The van der Waals surface area contributed by atoms with E-state index in [0.29, 0.717) is 30.0 Å². The second-order valence-electron chi connectivity index (χ2n) is 7.78. The van der Waals surface area contributed by atoms with Gasteiger partial charge in [-0.15, -0.1) is 0 Å². The summed E-state index contributed by atoms with van der Waals surface area (Å²) in [6, 6.07) is 19.5. The Morgan fingerprint density at radius 3 is 2.38 bits per heavy atom. The van der Waals surface area contributed by atoms with Crippen molar-refractivity contribution >= 4 is 17.7 Å². The Balaban J connectivity index is 1.51. The maximum absolute atomic E-state index is 12.9. The Kier molecular flexibility index (Phi) is 7.17. The second kappa shape index (κ2) is 10.6. The van der Waals surface area contributed by atoms with Crippen molar-refractivity contribution in [3.63, 3.8) is 0 Å². The molecular weight excluding hydrogens is 436 g/mol. The van der Waals surface area contributed by atoms with Crippen LogP contribution in [0, 0.1) is 0 Å². The minimum absolute atomic E-state index is 0.203. The van der Waals surface area contributed by atoms with Crippen LogP contribution in [0.5, 0.6) is 17.2 Å². The second-order valence-corrected chi connectivity index (χ2v) is 7.78. The Labute approximate surface area is 197 Å². The normalized spacial score (nSPS) is 12.5. The lowest BCUT2D eigenvalue weighted by molar-refractivity contribution is 0.0602. The van der Waals surface area contributed by atoms with Crippen molar-refractivity contribution in [3.05, 3.63) is 83.4 Å².